The molecule has 1 N–H and O–H groups in total. The molecule has 0 aliphatic carbocycles. The summed E-state index contributed by atoms with van der Waals surface area (Å²) in [7, 11) is 0. The first-order valence-electron chi connectivity index (χ1n) is 6.67. The van der Waals surface area contributed by atoms with E-state index in [1.807, 2.05) is 12.1 Å². The normalized spacial score (nSPS) is 19.1. The van der Waals surface area contributed by atoms with Gasteiger partial charge >= 0.3 is 5.97 Å². The van der Waals surface area contributed by atoms with E-state index in [1.165, 1.54) is 0 Å². The van der Waals surface area contributed by atoms with Crippen LogP contribution in [0, 0.1) is 5.92 Å². The van der Waals surface area contributed by atoms with Crippen LogP contribution in [0.4, 0.5) is 0 Å². The van der Waals surface area contributed by atoms with Crippen LogP contribution < -0.4 is 0 Å². The Morgan fingerprint density at radius 2 is 2.33 bits per heavy atom. The molecule has 3 heterocycles. The molecule has 3 rings (SSSR count). The zero-order valence-corrected chi connectivity index (χ0v) is 12.2. The lowest BCUT2D eigenvalue weighted by Crippen LogP contribution is -2.38. The van der Waals surface area contributed by atoms with Gasteiger partial charge in [-0.05, 0) is 31.5 Å². The van der Waals surface area contributed by atoms with Crippen LogP contribution in [0.5, 0.6) is 0 Å². The summed E-state index contributed by atoms with van der Waals surface area (Å²) < 4.78 is 10.5. The second kappa shape index (κ2) is 6.78. The van der Waals surface area contributed by atoms with E-state index in [0.717, 1.165) is 25.1 Å². The minimum atomic E-state index is -0.717. The largest absolute Gasteiger partial charge is 0.481 e. The maximum absolute atomic E-state index is 11.0. The maximum Gasteiger partial charge on any atom is 0.307 e. The van der Waals surface area contributed by atoms with Crippen LogP contribution in [0.25, 0.3) is 11.5 Å². The number of furan rings is 1. The molecular weight excluding hydrogens is 296 g/mol. The van der Waals surface area contributed by atoms with Crippen molar-refractivity contribution in [1.29, 1.82) is 0 Å². The average molecular weight is 313 g/mol. The third-order valence-corrected chi connectivity index (χ3v) is 3.56. The standard InChI is InChI=1S/C14H16N2O4.ClH/c17-14(18)10-3-1-5-16(8-10)9-11-7-13(20-15-11)12-4-2-6-19-12;/h2,4,6-7,10H,1,3,5,8-9H2,(H,17,18);1H. The average Bonchev–Trinajstić information content (AvgIpc) is 3.09. The Hall–Kier alpha value is -1.79. The zero-order valence-electron chi connectivity index (χ0n) is 11.4. The number of hydrogen-bond donors (Lipinski definition) is 1. The van der Waals surface area contributed by atoms with Crippen LogP contribution in [-0.4, -0.2) is 34.2 Å². The third-order valence-electron chi connectivity index (χ3n) is 3.56. The van der Waals surface area contributed by atoms with Gasteiger partial charge in [0.2, 0.25) is 5.76 Å². The number of rotatable bonds is 4. The lowest BCUT2D eigenvalue weighted by molar-refractivity contribution is -0.143. The molecule has 0 amide bonds. The van der Waals surface area contributed by atoms with Crippen LogP contribution in [0.2, 0.25) is 0 Å². The number of nitrogens with zero attached hydrogens (tertiary/aromatic N) is 2. The van der Waals surface area contributed by atoms with Gasteiger partial charge in [0.15, 0.2) is 5.76 Å². The molecule has 0 aromatic carbocycles. The van der Waals surface area contributed by atoms with Gasteiger partial charge in [-0.2, -0.15) is 0 Å². The molecule has 7 heteroatoms. The maximum atomic E-state index is 11.0. The summed E-state index contributed by atoms with van der Waals surface area (Å²) in [6, 6.07) is 5.44. The fraction of sp³-hybridized carbons (Fsp3) is 0.429. The second-order valence-corrected chi connectivity index (χ2v) is 5.07. The van der Waals surface area contributed by atoms with Crippen molar-refractivity contribution in [3.63, 3.8) is 0 Å². The molecule has 1 unspecified atom stereocenters. The molecular formula is C14H17ClN2O4. The molecule has 6 nitrogen and oxygen atoms in total. The Labute approximate surface area is 128 Å². The van der Waals surface area contributed by atoms with Gasteiger partial charge in [-0.15, -0.1) is 12.4 Å². The number of aromatic nitrogens is 1. The molecule has 1 fully saturated rings. The predicted octanol–water partition coefficient (Wildman–Crippen LogP) is 2.65. The van der Waals surface area contributed by atoms with Gasteiger partial charge in [0, 0.05) is 19.2 Å². The SMILES string of the molecule is Cl.O=C(O)C1CCCN(Cc2cc(-c3ccco3)on2)C1. The second-order valence-electron chi connectivity index (χ2n) is 5.07. The molecule has 1 aliphatic rings. The molecule has 21 heavy (non-hydrogen) atoms. The molecule has 1 atom stereocenters. The smallest absolute Gasteiger partial charge is 0.307 e. The molecule has 0 bridgehead atoms. The topological polar surface area (TPSA) is 79.7 Å². The summed E-state index contributed by atoms with van der Waals surface area (Å²) in [5, 5.41) is 13.1. The highest BCUT2D eigenvalue weighted by Gasteiger charge is 2.25. The van der Waals surface area contributed by atoms with Crippen molar-refractivity contribution in [2.75, 3.05) is 13.1 Å². The van der Waals surface area contributed by atoms with Crippen LogP contribution in [-0.2, 0) is 11.3 Å². The summed E-state index contributed by atoms with van der Waals surface area (Å²) in [5.41, 5.74) is 0.794. The highest BCUT2D eigenvalue weighted by atomic mass is 35.5. The fourth-order valence-corrected chi connectivity index (χ4v) is 2.55. The minimum Gasteiger partial charge on any atom is -0.481 e. The first-order chi connectivity index (χ1) is 9.72. The molecule has 1 aliphatic heterocycles. The van der Waals surface area contributed by atoms with E-state index in [4.69, 9.17) is 14.0 Å². The predicted molar refractivity (Wildman–Crippen MR) is 77.1 cm³/mol. The first kappa shape index (κ1) is 15.6. The Bertz CT molecular complexity index is 582. The van der Waals surface area contributed by atoms with Crippen LogP contribution in [0.1, 0.15) is 18.5 Å². The number of hydrogen-bond acceptors (Lipinski definition) is 5. The van der Waals surface area contributed by atoms with Crippen LogP contribution in [0.3, 0.4) is 0 Å². The molecule has 0 saturated carbocycles. The fourth-order valence-electron chi connectivity index (χ4n) is 2.55. The van der Waals surface area contributed by atoms with Gasteiger partial charge in [0.25, 0.3) is 0 Å². The highest BCUT2D eigenvalue weighted by Crippen LogP contribution is 2.23. The molecule has 114 valence electrons. The molecule has 2 aromatic heterocycles. The minimum absolute atomic E-state index is 0. The van der Waals surface area contributed by atoms with Gasteiger partial charge < -0.3 is 14.0 Å². The Morgan fingerprint density at radius 3 is 3.05 bits per heavy atom. The van der Waals surface area contributed by atoms with Gasteiger partial charge in [-0.3, -0.25) is 9.69 Å². The van der Waals surface area contributed by atoms with Crippen LogP contribution in [0.15, 0.2) is 33.4 Å². The quantitative estimate of drug-likeness (QED) is 0.935. The van der Waals surface area contributed by atoms with Gasteiger partial charge in [0.1, 0.15) is 0 Å². The van der Waals surface area contributed by atoms with Crippen LogP contribution >= 0.6 is 12.4 Å². The lowest BCUT2D eigenvalue weighted by Gasteiger charge is -2.29. The van der Waals surface area contributed by atoms with E-state index in [1.54, 1.807) is 12.3 Å². The van der Waals surface area contributed by atoms with Crippen molar-refractivity contribution < 1.29 is 18.8 Å². The van der Waals surface area contributed by atoms with Crippen molar-refractivity contribution in [2.45, 2.75) is 19.4 Å². The van der Waals surface area contributed by atoms with E-state index >= 15 is 0 Å². The molecule has 0 radical (unpaired) electrons. The molecule has 1 saturated heterocycles. The van der Waals surface area contributed by atoms with Gasteiger partial charge in [0.05, 0.1) is 17.9 Å². The summed E-state index contributed by atoms with van der Waals surface area (Å²) in [5.74, 6) is 0.244. The summed E-state index contributed by atoms with van der Waals surface area (Å²) >= 11 is 0. The number of carboxylic acid groups (broad SMARTS) is 1. The number of carboxylic acids is 1. The summed E-state index contributed by atoms with van der Waals surface area (Å²) in [4.78, 5) is 13.1. The monoisotopic (exact) mass is 312 g/mol. The van der Waals surface area contributed by atoms with Crippen molar-refractivity contribution in [2.24, 2.45) is 5.92 Å². The van der Waals surface area contributed by atoms with E-state index in [9.17, 15) is 4.79 Å². The number of aliphatic carboxylic acids is 1. The third kappa shape index (κ3) is 3.65. The number of halogens is 1. The first-order valence-corrected chi connectivity index (χ1v) is 6.67. The number of piperidine rings is 1. The Morgan fingerprint density at radius 1 is 1.48 bits per heavy atom. The van der Waals surface area contributed by atoms with Gasteiger partial charge in [-0.1, -0.05) is 5.16 Å². The molecule has 0 spiro atoms. The van der Waals surface area contributed by atoms with E-state index in [-0.39, 0.29) is 18.3 Å². The van der Waals surface area contributed by atoms with E-state index in [0.29, 0.717) is 24.6 Å². The van der Waals surface area contributed by atoms with Crippen molar-refractivity contribution in [3.05, 3.63) is 30.2 Å². The van der Waals surface area contributed by atoms with Crippen molar-refractivity contribution >= 4 is 18.4 Å². The molecule has 2 aromatic rings. The van der Waals surface area contributed by atoms with E-state index in [2.05, 4.69) is 10.1 Å². The Balaban J connectivity index is 0.00000161. The zero-order chi connectivity index (χ0) is 13.9. The van der Waals surface area contributed by atoms with Gasteiger partial charge in [-0.25, -0.2) is 0 Å². The summed E-state index contributed by atoms with van der Waals surface area (Å²) in [6.45, 7) is 2.07. The number of carbonyl (C=O) groups is 1. The highest BCUT2D eigenvalue weighted by molar-refractivity contribution is 5.85. The van der Waals surface area contributed by atoms with E-state index < -0.39 is 5.97 Å². The summed E-state index contributed by atoms with van der Waals surface area (Å²) in [6.07, 6.45) is 3.24. The van der Waals surface area contributed by atoms with Crippen molar-refractivity contribution in [3.8, 4) is 11.5 Å². The van der Waals surface area contributed by atoms with Crippen molar-refractivity contribution in [1.82, 2.24) is 10.1 Å². The lowest BCUT2D eigenvalue weighted by atomic mass is 9.98. The Kier molecular flexibility index (Phi) is 5.03. The number of likely N-dealkylation sites (tertiary alicyclic amines) is 1.